The number of aryl methyl sites for hydroxylation is 1. The van der Waals surface area contributed by atoms with Crippen LogP contribution in [0.1, 0.15) is 30.7 Å². The van der Waals surface area contributed by atoms with E-state index in [0.717, 1.165) is 11.7 Å². The highest BCUT2D eigenvalue weighted by Crippen LogP contribution is 2.42. The number of nitrogens with zero attached hydrogens (tertiary/aromatic N) is 3. The molecule has 0 amide bonds. The summed E-state index contributed by atoms with van der Waals surface area (Å²) in [4.78, 5) is 4.35. The average molecular weight is 302 g/mol. The zero-order chi connectivity index (χ0) is 14.7. The highest BCUT2D eigenvalue weighted by Gasteiger charge is 2.32. The van der Waals surface area contributed by atoms with Crippen LogP contribution in [0.4, 0.5) is 0 Å². The summed E-state index contributed by atoms with van der Waals surface area (Å²) in [5.74, 6) is 1.21. The van der Waals surface area contributed by atoms with Crippen molar-refractivity contribution >= 4 is 11.8 Å². The van der Waals surface area contributed by atoms with E-state index in [-0.39, 0.29) is 0 Å². The Bertz CT molecular complexity index is 569. The smallest absolute Gasteiger partial charge is 0.186 e. The summed E-state index contributed by atoms with van der Waals surface area (Å²) >= 11 is 1.84. The number of thioether (sulfide) groups is 1. The van der Waals surface area contributed by atoms with Crippen LogP contribution in [0.15, 0.2) is 41.8 Å². The Morgan fingerprint density at radius 2 is 2.10 bits per heavy atom. The molecule has 2 N–H and O–H groups in total. The van der Waals surface area contributed by atoms with E-state index in [0.29, 0.717) is 17.1 Å². The van der Waals surface area contributed by atoms with Gasteiger partial charge in [-0.05, 0) is 43.2 Å². The minimum atomic E-state index is 0.525. The molecule has 21 heavy (non-hydrogen) atoms. The third-order valence-electron chi connectivity index (χ3n) is 4.43. The Balaban J connectivity index is 1.74. The highest BCUT2D eigenvalue weighted by molar-refractivity contribution is 7.99. The average Bonchev–Trinajstić information content (AvgIpc) is 2.93. The van der Waals surface area contributed by atoms with Crippen molar-refractivity contribution in [2.24, 2.45) is 18.7 Å². The van der Waals surface area contributed by atoms with Gasteiger partial charge < -0.3 is 5.73 Å². The van der Waals surface area contributed by atoms with Crippen molar-refractivity contribution in [2.75, 3.05) is 6.54 Å². The number of nitrogens with two attached hydrogens (primary N) is 1. The Hall–Kier alpha value is -1.33. The summed E-state index contributed by atoms with van der Waals surface area (Å²) in [7, 11) is 1.95. The monoisotopic (exact) mass is 302 g/mol. The molecule has 3 rings (SSSR count). The molecule has 2 aromatic rings. The second-order valence-electron chi connectivity index (χ2n) is 5.74. The Labute approximate surface area is 130 Å². The molecule has 5 heteroatoms. The number of rotatable bonds is 4. The molecule has 0 aliphatic heterocycles. The van der Waals surface area contributed by atoms with Crippen LogP contribution in [-0.2, 0) is 7.05 Å². The molecule has 0 radical (unpaired) electrons. The standard InChI is InChI=1S/C16H22N4S/c1-20-16(18-11-19-20)21-15-9-13(7-8-14(15)10-17)12-5-3-2-4-6-12/h2-6,11,13-15H,7-10,17H2,1H3. The predicted octanol–water partition coefficient (Wildman–Crippen LogP) is 2.82. The highest BCUT2D eigenvalue weighted by atomic mass is 32.2. The summed E-state index contributed by atoms with van der Waals surface area (Å²) in [6.45, 7) is 0.761. The van der Waals surface area contributed by atoms with Gasteiger partial charge >= 0.3 is 0 Å². The minimum absolute atomic E-state index is 0.525. The molecule has 0 saturated heterocycles. The largest absolute Gasteiger partial charge is 0.330 e. The number of hydrogen-bond acceptors (Lipinski definition) is 4. The van der Waals surface area contributed by atoms with Crippen LogP contribution < -0.4 is 5.73 Å². The lowest BCUT2D eigenvalue weighted by Crippen LogP contribution is -2.32. The SMILES string of the molecule is Cn1ncnc1SC1CC(c2ccccc2)CCC1CN. The Morgan fingerprint density at radius 3 is 2.76 bits per heavy atom. The lowest BCUT2D eigenvalue weighted by Gasteiger charge is -2.35. The van der Waals surface area contributed by atoms with Gasteiger partial charge in [0.1, 0.15) is 6.33 Å². The van der Waals surface area contributed by atoms with E-state index in [9.17, 15) is 0 Å². The normalized spacial score (nSPS) is 25.9. The first-order valence-electron chi connectivity index (χ1n) is 7.53. The van der Waals surface area contributed by atoms with E-state index in [1.165, 1.54) is 24.8 Å². The Kier molecular flexibility index (Phi) is 4.60. The van der Waals surface area contributed by atoms with E-state index in [1.807, 2.05) is 23.5 Å². The Morgan fingerprint density at radius 1 is 1.29 bits per heavy atom. The van der Waals surface area contributed by atoms with E-state index in [2.05, 4.69) is 40.4 Å². The van der Waals surface area contributed by atoms with Crippen LogP contribution in [0.2, 0.25) is 0 Å². The molecule has 1 aliphatic rings. The van der Waals surface area contributed by atoms with Gasteiger partial charge in [-0.3, -0.25) is 0 Å². The van der Waals surface area contributed by atoms with E-state index < -0.39 is 0 Å². The number of hydrogen-bond donors (Lipinski definition) is 1. The lowest BCUT2D eigenvalue weighted by atomic mass is 9.78. The summed E-state index contributed by atoms with van der Waals surface area (Å²) in [6.07, 6.45) is 5.23. The summed E-state index contributed by atoms with van der Waals surface area (Å²) in [5, 5.41) is 5.68. The predicted molar refractivity (Wildman–Crippen MR) is 86.2 cm³/mol. The minimum Gasteiger partial charge on any atom is -0.330 e. The molecule has 4 nitrogen and oxygen atoms in total. The molecular formula is C16H22N4S. The van der Waals surface area contributed by atoms with Crippen molar-refractivity contribution in [1.82, 2.24) is 14.8 Å². The zero-order valence-corrected chi connectivity index (χ0v) is 13.2. The van der Waals surface area contributed by atoms with Crippen molar-refractivity contribution in [1.29, 1.82) is 0 Å². The third-order valence-corrected chi connectivity index (χ3v) is 5.89. The van der Waals surface area contributed by atoms with Gasteiger partial charge in [0.25, 0.3) is 0 Å². The van der Waals surface area contributed by atoms with Crippen LogP contribution >= 0.6 is 11.8 Å². The van der Waals surface area contributed by atoms with Gasteiger partial charge in [-0.2, -0.15) is 5.10 Å². The molecule has 1 fully saturated rings. The first-order valence-corrected chi connectivity index (χ1v) is 8.41. The second-order valence-corrected chi connectivity index (χ2v) is 6.95. The molecule has 1 aromatic carbocycles. The fourth-order valence-electron chi connectivity index (χ4n) is 3.16. The molecule has 3 atom stereocenters. The van der Waals surface area contributed by atoms with Gasteiger partial charge in [-0.25, -0.2) is 9.67 Å². The first kappa shape index (κ1) is 14.6. The summed E-state index contributed by atoms with van der Waals surface area (Å²) in [6, 6.07) is 10.8. The molecule has 1 heterocycles. The molecular weight excluding hydrogens is 280 g/mol. The van der Waals surface area contributed by atoms with Gasteiger partial charge in [0.2, 0.25) is 0 Å². The van der Waals surface area contributed by atoms with E-state index in [1.54, 1.807) is 6.33 Å². The third kappa shape index (κ3) is 3.30. The van der Waals surface area contributed by atoms with Crippen molar-refractivity contribution < 1.29 is 0 Å². The molecule has 1 aliphatic carbocycles. The van der Waals surface area contributed by atoms with Crippen molar-refractivity contribution in [2.45, 2.75) is 35.6 Å². The summed E-state index contributed by atoms with van der Waals surface area (Å²) < 4.78 is 1.85. The molecule has 0 spiro atoms. The summed E-state index contributed by atoms with van der Waals surface area (Å²) in [5.41, 5.74) is 7.44. The van der Waals surface area contributed by atoms with Gasteiger partial charge in [-0.15, -0.1) is 0 Å². The van der Waals surface area contributed by atoms with Crippen LogP contribution in [0.3, 0.4) is 0 Å². The van der Waals surface area contributed by atoms with Gasteiger partial charge in [0.15, 0.2) is 5.16 Å². The van der Waals surface area contributed by atoms with E-state index >= 15 is 0 Å². The van der Waals surface area contributed by atoms with Crippen LogP contribution in [0.25, 0.3) is 0 Å². The van der Waals surface area contributed by atoms with E-state index in [4.69, 9.17) is 5.73 Å². The molecule has 0 bridgehead atoms. The fraction of sp³-hybridized carbons (Fsp3) is 0.500. The first-order chi connectivity index (χ1) is 10.3. The maximum atomic E-state index is 5.99. The quantitative estimate of drug-likeness (QED) is 0.943. The van der Waals surface area contributed by atoms with Crippen molar-refractivity contribution in [3.05, 3.63) is 42.2 Å². The van der Waals surface area contributed by atoms with Crippen molar-refractivity contribution in [3.8, 4) is 0 Å². The zero-order valence-electron chi connectivity index (χ0n) is 12.4. The fourth-order valence-corrected chi connectivity index (χ4v) is 4.51. The van der Waals surface area contributed by atoms with Gasteiger partial charge in [0.05, 0.1) is 0 Å². The topological polar surface area (TPSA) is 56.7 Å². The van der Waals surface area contributed by atoms with Crippen LogP contribution in [-0.4, -0.2) is 26.6 Å². The van der Waals surface area contributed by atoms with Gasteiger partial charge in [-0.1, -0.05) is 42.1 Å². The second kappa shape index (κ2) is 6.62. The molecule has 1 saturated carbocycles. The van der Waals surface area contributed by atoms with Gasteiger partial charge in [0, 0.05) is 12.3 Å². The molecule has 112 valence electrons. The maximum Gasteiger partial charge on any atom is 0.186 e. The van der Waals surface area contributed by atoms with Crippen LogP contribution in [0.5, 0.6) is 0 Å². The molecule has 1 aromatic heterocycles. The number of aromatic nitrogens is 3. The number of benzene rings is 1. The lowest BCUT2D eigenvalue weighted by molar-refractivity contribution is 0.343. The van der Waals surface area contributed by atoms with Crippen molar-refractivity contribution in [3.63, 3.8) is 0 Å². The maximum absolute atomic E-state index is 5.99. The molecule has 3 unspecified atom stereocenters. The van der Waals surface area contributed by atoms with Crippen LogP contribution in [0, 0.1) is 5.92 Å².